The largest absolute Gasteiger partial charge is 0.394 e. The van der Waals surface area contributed by atoms with Crippen LogP contribution < -0.4 is 0 Å². The van der Waals surface area contributed by atoms with Gasteiger partial charge in [-0.3, -0.25) is 0 Å². The Kier molecular flexibility index (Phi) is 9.77. The standard InChI is InChI=1S/C39H68O3/c1-11-29(24(2)3)13-12-25(4)32-17-20-39(10)34-15-14-30-22-31(16-19-37(30,8)33(34)18-21-38(32,39)9)41-36-28(7)26(5)27(6)35(23-40)42-36/h14,24-29,31-36,40H,11-13,15-23H2,1-10H3/t25-,26+,27+,28-,29+,31+,32-,33+,34-,35-,36-,37+,38-,39+/m1/s1. The molecule has 5 rings (SSSR count). The topological polar surface area (TPSA) is 38.7 Å². The Bertz CT molecular complexity index is 955. The van der Waals surface area contributed by atoms with E-state index in [1.165, 1.54) is 57.8 Å². The molecule has 0 aromatic rings. The highest BCUT2D eigenvalue weighted by Gasteiger charge is 2.65. The lowest BCUT2D eigenvalue weighted by Gasteiger charge is -2.63. The molecule has 1 heterocycles. The molecule has 3 heteroatoms. The van der Waals surface area contributed by atoms with Crippen LogP contribution >= 0.6 is 0 Å². The summed E-state index contributed by atoms with van der Waals surface area (Å²) in [4.78, 5) is 0. The van der Waals surface area contributed by atoms with E-state index in [0.29, 0.717) is 34.0 Å². The Morgan fingerprint density at radius 1 is 0.905 bits per heavy atom. The molecule has 0 spiro atoms. The van der Waals surface area contributed by atoms with Gasteiger partial charge in [-0.1, -0.05) is 93.7 Å². The molecule has 4 aliphatic carbocycles. The van der Waals surface area contributed by atoms with Crippen LogP contribution in [-0.4, -0.2) is 30.2 Å². The van der Waals surface area contributed by atoms with Gasteiger partial charge in [-0.2, -0.15) is 0 Å². The molecule has 0 bridgehead atoms. The molecule has 0 radical (unpaired) electrons. The van der Waals surface area contributed by atoms with Crippen molar-refractivity contribution in [3.63, 3.8) is 0 Å². The summed E-state index contributed by atoms with van der Waals surface area (Å²) in [6.45, 7) is 24.8. The zero-order valence-electron chi connectivity index (χ0n) is 29.3. The van der Waals surface area contributed by atoms with Gasteiger partial charge in [-0.05, 0) is 121 Å². The summed E-state index contributed by atoms with van der Waals surface area (Å²) in [5.74, 6) is 6.29. The summed E-state index contributed by atoms with van der Waals surface area (Å²) in [5, 5.41) is 9.93. The van der Waals surface area contributed by atoms with Crippen LogP contribution in [0.15, 0.2) is 11.6 Å². The van der Waals surface area contributed by atoms with Crippen LogP contribution in [-0.2, 0) is 9.47 Å². The molecule has 4 fully saturated rings. The molecule has 3 saturated carbocycles. The van der Waals surface area contributed by atoms with Crippen LogP contribution in [0.3, 0.4) is 0 Å². The quantitative estimate of drug-likeness (QED) is 0.274. The van der Waals surface area contributed by atoms with E-state index in [9.17, 15) is 5.11 Å². The number of allylic oxidation sites excluding steroid dienone is 1. The Labute approximate surface area is 260 Å². The maximum atomic E-state index is 9.93. The van der Waals surface area contributed by atoms with E-state index in [2.05, 4.69) is 75.3 Å². The molecule has 3 nitrogen and oxygen atoms in total. The second kappa shape index (κ2) is 12.4. The lowest BCUT2D eigenvalue weighted by molar-refractivity contribution is -0.272. The van der Waals surface area contributed by atoms with Gasteiger partial charge in [-0.15, -0.1) is 0 Å². The molecule has 242 valence electrons. The van der Waals surface area contributed by atoms with Crippen molar-refractivity contribution in [1.29, 1.82) is 0 Å². The molecule has 0 amide bonds. The van der Waals surface area contributed by atoms with Crippen LogP contribution in [0.1, 0.15) is 140 Å². The minimum Gasteiger partial charge on any atom is -0.394 e. The third-order valence-corrected chi connectivity index (χ3v) is 15.6. The molecule has 1 aliphatic heterocycles. The molecular formula is C39H68O3. The molecule has 42 heavy (non-hydrogen) atoms. The van der Waals surface area contributed by atoms with Crippen LogP contribution in [0.2, 0.25) is 0 Å². The molecule has 14 atom stereocenters. The smallest absolute Gasteiger partial charge is 0.161 e. The van der Waals surface area contributed by atoms with E-state index in [1.807, 2.05) is 0 Å². The molecule has 0 aromatic carbocycles. The fourth-order valence-electron chi connectivity index (χ4n) is 11.8. The van der Waals surface area contributed by atoms with Crippen molar-refractivity contribution in [2.24, 2.45) is 69.5 Å². The van der Waals surface area contributed by atoms with Gasteiger partial charge in [0.1, 0.15) is 0 Å². The summed E-state index contributed by atoms with van der Waals surface area (Å²) in [6, 6.07) is 0. The van der Waals surface area contributed by atoms with E-state index in [4.69, 9.17) is 9.47 Å². The Morgan fingerprint density at radius 3 is 2.29 bits per heavy atom. The molecule has 1 N–H and O–H groups in total. The molecule has 0 aromatic heterocycles. The summed E-state index contributed by atoms with van der Waals surface area (Å²) in [7, 11) is 0. The fourth-order valence-corrected chi connectivity index (χ4v) is 11.8. The van der Waals surface area contributed by atoms with Crippen molar-refractivity contribution in [2.45, 2.75) is 158 Å². The van der Waals surface area contributed by atoms with Gasteiger partial charge in [0.05, 0.1) is 18.8 Å². The third-order valence-electron chi connectivity index (χ3n) is 15.6. The van der Waals surface area contributed by atoms with Crippen LogP contribution in [0, 0.1) is 69.5 Å². The Morgan fingerprint density at radius 2 is 1.62 bits per heavy atom. The molecular weight excluding hydrogens is 516 g/mol. The van der Waals surface area contributed by atoms with E-state index < -0.39 is 0 Å². The van der Waals surface area contributed by atoms with Crippen LogP contribution in [0.4, 0.5) is 0 Å². The summed E-state index contributed by atoms with van der Waals surface area (Å²) in [6.07, 6.45) is 17.3. The maximum absolute atomic E-state index is 9.93. The zero-order valence-corrected chi connectivity index (χ0v) is 29.3. The fraction of sp³-hybridized carbons (Fsp3) is 0.949. The van der Waals surface area contributed by atoms with Crippen molar-refractivity contribution in [3.8, 4) is 0 Å². The molecule has 1 saturated heterocycles. The maximum Gasteiger partial charge on any atom is 0.161 e. The van der Waals surface area contributed by atoms with Gasteiger partial charge in [0.15, 0.2) is 6.29 Å². The highest BCUT2D eigenvalue weighted by atomic mass is 16.7. The number of hydrogen-bond donors (Lipinski definition) is 1. The minimum atomic E-state index is -0.195. The van der Waals surface area contributed by atoms with Crippen LogP contribution in [0.25, 0.3) is 0 Å². The first-order chi connectivity index (χ1) is 19.8. The van der Waals surface area contributed by atoms with Crippen LogP contribution in [0.5, 0.6) is 0 Å². The second-order valence-electron chi connectivity index (χ2n) is 17.4. The normalized spacial score (nSPS) is 48.7. The van der Waals surface area contributed by atoms with Gasteiger partial charge in [0.25, 0.3) is 0 Å². The Hall–Kier alpha value is -0.380. The van der Waals surface area contributed by atoms with E-state index >= 15 is 0 Å². The number of aliphatic hydroxyl groups excluding tert-OH is 1. The van der Waals surface area contributed by atoms with Crippen molar-refractivity contribution in [3.05, 3.63) is 11.6 Å². The average Bonchev–Trinajstić information content (AvgIpc) is 3.24. The first-order valence-electron chi connectivity index (χ1n) is 18.4. The van der Waals surface area contributed by atoms with Crippen molar-refractivity contribution >= 4 is 0 Å². The third kappa shape index (κ3) is 5.40. The number of aliphatic hydroxyl groups is 1. The second-order valence-corrected chi connectivity index (χ2v) is 17.4. The number of fused-ring (bicyclic) bond motifs is 5. The van der Waals surface area contributed by atoms with Gasteiger partial charge < -0.3 is 14.6 Å². The summed E-state index contributed by atoms with van der Waals surface area (Å²) < 4.78 is 13.1. The van der Waals surface area contributed by atoms with Crippen molar-refractivity contribution < 1.29 is 14.6 Å². The first kappa shape index (κ1) is 33.0. The molecule has 5 aliphatic rings. The van der Waals surface area contributed by atoms with E-state index in [-0.39, 0.29) is 25.1 Å². The van der Waals surface area contributed by atoms with Gasteiger partial charge >= 0.3 is 0 Å². The first-order valence-corrected chi connectivity index (χ1v) is 18.4. The van der Waals surface area contributed by atoms with Gasteiger partial charge in [0.2, 0.25) is 0 Å². The lowest BCUT2D eigenvalue weighted by atomic mass is 9.42. The summed E-state index contributed by atoms with van der Waals surface area (Å²) in [5.41, 5.74) is 2.97. The van der Waals surface area contributed by atoms with Gasteiger partial charge in [-0.25, -0.2) is 0 Å². The predicted molar refractivity (Wildman–Crippen MR) is 175 cm³/mol. The number of rotatable bonds is 9. The predicted octanol–water partition coefficient (Wildman–Crippen LogP) is 10.1. The monoisotopic (exact) mass is 585 g/mol. The lowest BCUT2D eigenvalue weighted by Crippen LogP contribution is -2.56. The highest BCUT2D eigenvalue weighted by molar-refractivity contribution is 5.27. The van der Waals surface area contributed by atoms with Crippen molar-refractivity contribution in [2.75, 3.05) is 6.61 Å². The average molecular weight is 585 g/mol. The van der Waals surface area contributed by atoms with Crippen molar-refractivity contribution in [1.82, 2.24) is 0 Å². The van der Waals surface area contributed by atoms with E-state index in [1.54, 1.807) is 5.57 Å². The Balaban J connectivity index is 1.27. The van der Waals surface area contributed by atoms with Gasteiger partial charge in [0, 0.05) is 5.92 Å². The summed E-state index contributed by atoms with van der Waals surface area (Å²) >= 11 is 0. The zero-order chi connectivity index (χ0) is 30.6. The number of ether oxygens (including phenoxy) is 2. The number of hydrogen-bond acceptors (Lipinski definition) is 3. The molecule has 0 unspecified atom stereocenters. The van der Waals surface area contributed by atoms with E-state index in [0.717, 1.165) is 48.3 Å². The SMILES string of the molecule is CC[C@@H](CC[C@@H](C)[C@H]1CC[C@@]2(C)[C@@H]3CC=C4C[C@@H](O[C@@H]5O[C@H](CO)[C@@H](C)[C@H](C)[C@H]5C)CC[C@]4(C)[C@H]3CC[C@]12C)C(C)C. The highest BCUT2D eigenvalue weighted by Crippen LogP contribution is 2.72. The minimum absolute atomic E-state index is 0.0869.